The molecule has 102 valence electrons. The Kier molecular flexibility index (Phi) is 7.46. The molecule has 0 radical (unpaired) electrons. The number of methoxy groups -OCH3 is 1. The predicted molar refractivity (Wildman–Crippen MR) is 75.0 cm³/mol. The molecule has 1 aromatic carbocycles. The summed E-state index contributed by atoms with van der Waals surface area (Å²) >= 11 is 0. The Morgan fingerprint density at radius 3 is 2.56 bits per heavy atom. The van der Waals surface area contributed by atoms with Crippen molar-refractivity contribution in [1.82, 2.24) is 5.32 Å². The zero-order valence-corrected chi connectivity index (χ0v) is 11.7. The topological polar surface area (TPSA) is 30.5 Å². The molecule has 0 saturated heterocycles. The summed E-state index contributed by atoms with van der Waals surface area (Å²) in [7, 11) is 1.73. The Morgan fingerprint density at radius 1 is 1.22 bits per heavy atom. The van der Waals surface area contributed by atoms with Crippen LogP contribution in [0, 0.1) is 0 Å². The third-order valence-corrected chi connectivity index (χ3v) is 2.87. The lowest BCUT2D eigenvalue weighted by Gasteiger charge is -2.13. The fraction of sp³-hybridized carbons (Fsp3) is 0.600. The minimum absolute atomic E-state index is 0.281. The second kappa shape index (κ2) is 8.95. The molecule has 0 spiro atoms. The smallest absolute Gasteiger partial charge is 0.119 e. The van der Waals surface area contributed by atoms with Crippen molar-refractivity contribution in [3.63, 3.8) is 0 Å². The lowest BCUT2D eigenvalue weighted by Crippen LogP contribution is -2.16. The third-order valence-electron chi connectivity index (χ3n) is 2.87. The minimum atomic E-state index is 0.281. The molecular formula is C15H25NO2. The van der Waals surface area contributed by atoms with Crippen LogP contribution in [-0.2, 0) is 11.3 Å². The van der Waals surface area contributed by atoms with Gasteiger partial charge in [-0.2, -0.15) is 0 Å². The van der Waals surface area contributed by atoms with Gasteiger partial charge in [-0.3, -0.25) is 0 Å². The van der Waals surface area contributed by atoms with Crippen molar-refractivity contribution in [3.05, 3.63) is 29.8 Å². The maximum absolute atomic E-state index is 5.74. The predicted octanol–water partition coefficient (Wildman–Crippen LogP) is 2.99. The standard InChI is InChI=1S/C15H25NO2/c1-4-13(2)18-15-8-6-14(7-9-15)12-16-10-5-11-17-3/h6-9,13,16H,4-5,10-12H2,1-3H3/t13-/m0/s1. The Hall–Kier alpha value is -1.06. The monoisotopic (exact) mass is 251 g/mol. The van der Waals surface area contributed by atoms with E-state index in [1.165, 1.54) is 5.56 Å². The first-order valence-electron chi connectivity index (χ1n) is 6.71. The first-order chi connectivity index (χ1) is 8.76. The SMILES string of the molecule is CC[C@H](C)Oc1ccc(CNCCCOC)cc1. The summed E-state index contributed by atoms with van der Waals surface area (Å²) in [5.41, 5.74) is 1.28. The van der Waals surface area contributed by atoms with E-state index < -0.39 is 0 Å². The summed E-state index contributed by atoms with van der Waals surface area (Å²) in [5.74, 6) is 0.951. The van der Waals surface area contributed by atoms with Gasteiger partial charge in [0.2, 0.25) is 0 Å². The van der Waals surface area contributed by atoms with Crippen molar-refractivity contribution in [2.75, 3.05) is 20.3 Å². The highest BCUT2D eigenvalue weighted by atomic mass is 16.5. The Bertz CT molecular complexity index is 311. The highest BCUT2D eigenvalue weighted by Crippen LogP contribution is 2.14. The van der Waals surface area contributed by atoms with Gasteiger partial charge < -0.3 is 14.8 Å². The molecule has 0 aromatic heterocycles. The van der Waals surface area contributed by atoms with Crippen molar-refractivity contribution >= 4 is 0 Å². The molecule has 3 heteroatoms. The number of ether oxygens (including phenoxy) is 2. The summed E-state index contributed by atoms with van der Waals surface area (Å²) in [6.45, 7) is 6.91. The van der Waals surface area contributed by atoms with Crippen LogP contribution in [0.15, 0.2) is 24.3 Å². The van der Waals surface area contributed by atoms with Crippen molar-refractivity contribution in [2.45, 2.75) is 39.3 Å². The van der Waals surface area contributed by atoms with E-state index in [1.807, 2.05) is 12.1 Å². The number of hydrogen-bond acceptors (Lipinski definition) is 3. The maximum atomic E-state index is 5.74. The molecule has 1 N–H and O–H groups in total. The molecule has 1 rings (SSSR count). The molecule has 0 amide bonds. The van der Waals surface area contributed by atoms with Gasteiger partial charge in [-0.15, -0.1) is 0 Å². The Balaban J connectivity index is 2.27. The third kappa shape index (κ3) is 6.03. The van der Waals surface area contributed by atoms with Crippen LogP contribution in [-0.4, -0.2) is 26.4 Å². The first-order valence-corrected chi connectivity index (χ1v) is 6.71. The van der Waals surface area contributed by atoms with Crippen LogP contribution in [0.3, 0.4) is 0 Å². The highest BCUT2D eigenvalue weighted by Gasteiger charge is 2.00. The molecule has 0 bridgehead atoms. The maximum Gasteiger partial charge on any atom is 0.119 e. The van der Waals surface area contributed by atoms with Crippen LogP contribution >= 0.6 is 0 Å². The molecule has 0 fully saturated rings. The van der Waals surface area contributed by atoms with Crippen molar-refractivity contribution in [2.24, 2.45) is 0 Å². The molecule has 0 aliphatic rings. The van der Waals surface area contributed by atoms with Gasteiger partial charge in [0.25, 0.3) is 0 Å². The van der Waals surface area contributed by atoms with Gasteiger partial charge >= 0.3 is 0 Å². The summed E-state index contributed by atoms with van der Waals surface area (Å²) in [6.07, 6.45) is 2.36. The summed E-state index contributed by atoms with van der Waals surface area (Å²) in [6, 6.07) is 8.30. The number of rotatable bonds is 9. The zero-order valence-electron chi connectivity index (χ0n) is 11.7. The van der Waals surface area contributed by atoms with Crippen LogP contribution in [0.25, 0.3) is 0 Å². The van der Waals surface area contributed by atoms with Gasteiger partial charge in [-0.25, -0.2) is 0 Å². The van der Waals surface area contributed by atoms with Crippen molar-refractivity contribution in [1.29, 1.82) is 0 Å². The van der Waals surface area contributed by atoms with Gasteiger partial charge in [0.05, 0.1) is 6.10 Å². The second-order valence-corrected chi connectivity index (χ2v) is 4.50. The molecular weight excluding hydrogens is 226 g/mol. The first kappa shape index (κ1) is 15.0. The van der Waals surface area contributed by atoms with Gasteiger partial charge in [-0.1, -0.05) is 19.1 Å². The molecule has 0 saturated carbocycles. The van der Waals surface area contributed by atoms with E-state index in [1.54, 1.807) is 7.11 Å². The van der Waals surface area contributed by atoms with E-state index in [-0.39, 0.29) is 6.10 Å². The van der Waals surface area contributed by atoms with Crippen LogP contribution in [0.2, 0.25) is 0 Å². The molecule has 1 aromatic rings. The molecule has 0 heterocycles. The summed E-state index contributed by atoms with van der Waals surface area (Å²) in [4.78, 5) is 0. The summed E-state index contributed by atoms with van der Waals surface area (Å²) < 4.78 is 10.7. The van der Waals surface area contributed by atoms with Gasteiger partial charge in [0.1, 0.15) is 5.75 Å². The van der Waals surface area contributed by atoms with Gasteiger partial charge in [0, 0.05) is 20.3 Å². The van der Waals surface area contributed by atoms with E-state index in [0.29, 0.717) is 0 Å². The molecule has 18 heavy (non-hydrogen) atoms. The zero-order chi connectivity index (χ0) is 13.2. The van der Waals surface area contributed by atoms with E-state index in [4.69, 9.17) is 9.47 Å². The number of nitrogens with one attached hydrogen (secondary N) is 1. The average Bonchev–Trinajstić information content (AvgIpc) is 2.40. The second-order valence-electron chi connectivity index (χ2n) is 4.50. The van der Waals surface area contributed by atoms with E-state index >= 15 is 0 Å². The quantitative estimate of drug-likeness (QED) is 0.684. The van der Waals surface area contributed by atoms with E-state index in [2.05, 4.69) is 31.3 Å². The normalized spacial score (nSPS) is 12.4. The number of hydrogen-bond donors (Lipinski definition) is 1. The molecule has 0 unspecified atom stereocenters. The molecule has 0 aliphatic carbocycles. The average molecular weight is 251 g/mol. The van der Waals surface area contributed by atoms with E-state index in [0.717, 1.165) is 38.3 Å². The lowest BCUT2D eigenvalue weighted by molar-refractivity contribution is 0.194. The lowest BCUT2D eigenvalue weighted by atomic mass is 10.2. The van der Waals surface area contributed by atoms with Crippen LogP contribution in [0.5, 0.6) is 5.75 Å². The molecule has 0 aliphatic heterocycles. The fourth-order valence-corrected chi connectivity index (χ4v) is 1.58. The van der Waals surface area contributed by atoms with Gasteiger partial charge in [-0.05, 0) is 44.0 Å². The largest absolute Gasteiger partial charge is 0.491 e. The minimum Gasteiger partial charge on any atom is -0.491 e. The van der Waals surface area contributed by atoms with Crippen LogP contribution in [0.1, 0.15) is 32.3 Å². The Labute approximate surface area is 110 Å². The van der Waals surface area contributed by atoms with Crippen molar-refractivity contribution < 1.29 is 9.47 Å². The fourth-order valence-electron chi connectivity index (χ4n) is 1.58. The molecule has 3 nitrogen and oxygen atoms in total. The van der Waals surface area contributed by atoms with Crippen molar-refractivity contribution in [3.8, 4) is 5.75 Å². The molecule has 1 atom stereocenters. The summed E-state index contributed by atoms with van der Waals surface area (Å²) in [5, 5.41) is 3.39. The highest BCUT2D eigenvalue weighted by molar-refractivity contribution is 5.27. The van der Waals surface area contributed by atoms with E-state index in [9.17, 15) is 0 Å². The van der Waals surface area contributed by atoms with Crippen LogP contribution < -0.4 is 10.1 Å². The van der Waals surface area contributed by atoms with Crippen LogP contribution in [0.4, 0.5) is 0 Å². The van der Waals surface area contributed by atoms with Gasteiger partial charge in [0.15, 0.2) is 0 Å². The number of benzene rings is 1. The Morgan fingerprint density at radius 2 is 1.94 bits per heavy atom.